The molecule has 3 heterocycles. The summed E-state index contributed by atoms with van der Waals surface area (Å²) in [6.45, 7) is 0.327. The van der Waals surface area contributed by atoms with E-state index >= 15 is 0 Å². The summed E-state index contributed by atoms with van der Waals surface area (Å²) >= 11 is 6.17. The van der Waals surface area contributed by atoms with Crippen LogP contribution < -0.4 is 0 Å². The molecular weight excluding hydrogens is 314 g/mol. The molecule has 0 amide bonds. The molecule has 112 valence electrons. The largest absolute Gasteiger partial charge is 0.296 e. The van der Waals surface area contributed by atoms with E-state index < -0.39 is 0 Å². The lowest BCUT2D eigenvalue weighted by atomic mass is 10.1. The molecule has 0 radical (unpaired) electrons. The molecule has 6 nitrogen and oxygen atoms in total. The van der Waals surface area contributed by atoms with Gasteiger partial charge in [-0.25, -0.2) is 15.0 Å². The highest BCUT2D eigenvalue weighted by molar-refractivity contribution is 6.31. The monoisotopic (exact) mass is 323 g/mol. The van der Waals surface area contributed by atoms with Gasteiger partial charge in [-0.3, -0.25) is 14.4 Å². The van der Waals surface area contributed by atoms with Crippen LogP contribution in [0.3, 0.4) is 0 Å². The van der Waals surface area contributed by atoms with Crippen LogP contribution in [-0.2, 0) is 6.54 Å². The maximum absolute atomic E-state index is 11.3. The van der Waals surface area contributed by atoms with Crippen LogP contribution in [0.2, 0.25) is 5.02 Å². The number of carbonyl (C=O) groups is 1. The fourth-order valence-corrected chi connectivity index (χ4v) is 2.79. The van der Waals surface area contributed by atoms with E-state index in [1.165, 1.54) is 0 Å². The van der Waals surface area contributed by atoms with E-state index in [1.807, 2.05) is 6.07 Å². The zero-order valence-corrected chi connectivity index (χ0v) is 12.6. The summed E-state index contributed by atoms with van der Waals surface area (Å²) in [5, 5.41) is 0.573. The first-order chi connectivity index (χ1) is 11.3. The van der Waals surface area contributed by atoms with E-state index in [4.69, 9.17) is 11.6 Å². The molecule has 0 unspecified atom stereocenters. The van der Waals surface area contributed by atoms with Gasteiger partial charge in [-0.05, 0) is 24.3 Å². The predicted octanol–water partition coefficient (Wildman–Crippen LogP) is 2.48. The summed E-state index contributed by atoms with van der Waals surface area (Å²) in [4.78, 5) is 28.8. The molecule has 3 aromatic rings. The van der Waals surface area contributed by atoms with Gasteiger partial charge in [-0.1, -0.05) is 11.6 Å². The Morgan fingerprint density at radius 2 is 2.00 bits per heavy atom. The molecule has 0 bridgehead atoms. The van der Waals surface area contributed by atoms with Crippen LogP contribution in [0.15, 0.2) is 47.8 Å². The van der Waals surface area contributed by atoms with E-state index in [-0.39, 0.29) is 0 Å². The number of hydrogen-bond donors (Lipinski definition) is 0. The van der Waals surface area contributed by atoms with Crippen molar-refractivity contribution in [2.45, 2.75) is 6.54 Å². The van der Waals surface area contributed by atoms with Crippen molar-refractivity contribution in [2.24, 2.45) is 4.99 Å². The van der Waals surface area contributed by atoms with Crippen LogP contribution in [-0.4, -0.2) is 31.5 Å². The van der Waals surface area contributed by atoms with Crippen molar-refractivity contribution in [1.82, 2.24) is 19.5 Å². The van der Waals surface area contributed by atoms with Crippen LogP contribution in [0.5, 0.6) is 0 Å². The Morgan fingerprint density at radius 3 is 2.78 bits per heavy atom. The molecule has 1 aromatic carbocycles. The summed E-state index contributed by atoms with van der Waals surface area (Å²) in [5.74, 6) is 1.19. The van der Waals surface area contributed by atoms with Gasteiger partial charge in [0.25, 0.3) is 0 Å². The number of hydrogen-bond acceptors (Lipinski definition) is 5. The molecule has 23 heavy (non-hydrogen) atoms. The van der Waals surface area contributed by atoms with E-state index in [2.05, 4.69) is 19.9 Å². The topological polar surface area (TPSA) is 73.0 Å². The molecule has 0 spiro atoms. The Hall–Kier alpha value is -2.86. The molecule has 4 rings (SSSR count). The van der Waals surface area contributed by atoms with Crippen LogP contribution in [0.25, 0.3) is 5.69 Å². The van der Waals surface area contributed by atoms with Crippen LogP contribution in [0.4, 0.5) is 0 Å². The SMILES string of the molecule is O=Cc1cnc2n1-c1ccc(Cl)cc1C(c1ncccn1)=NC2. The first kappa shape index (κ1) is 13.8. The molecule has 0 saturated carbocycles. The first-order valence-electron chi connectivity index (χ1n) is 6.92. The fourth-order valence-electron chi connectivity index (χ4n) is 2.62. The average Bonchev–Trinajstić information content (AvgIpc) is 2.92. The second-order valence-corrected chi connectivity index (χ2v) is 5.39. The zero-order chi connectivity index (χ0) is 15.8. The van der Waals surface area contributed by atoms with Gasteiger partial charge < -0.3 is 0 Å². The lowest BCUT2D eigenvalue weighted by Crippen LogP contribution is -2.11. The van der Waals surface area contributed by atoms with Crippen molar-refractivity contribution in [2.75, 3.05) is 0 Å². The lowest BCUT2D eigenvalue weighted by molar-refractivity contribution is 0.111. The molecule has 0 N–H and O–H groups in total. The Bertz CT molecular complexity index is 933. The smallest absolute Gasteiger partial charge is 0.178 e. The highest BCUT2D eigenvalue weighted by atomic mass is 35.5. The standard InChI is InChI=1S/C16H10ClN5O/c17-10-2-3-13-12(6-10)15(16-18-4-1-5-19-16)21-8-14-20-7-11(9-23)22(13)14/h1-7,9H,8H2. The predicted molar refractivity (Wildman–Crippen MR) is 85.3 cm³/mol. The van der Waals surface area contributed by atoms with Crippen molar-refractivity contribution in [3.8, 4) is 5.69 Å². The number of imidazole rings is 1. The lowest BCUT2D eigenvalue weighted by Gasteiger charge is -2.12. The minimum atomic E-state index is 0.327. The highest BCUT2D eigenvalue weighted by Gasteiger charge is 2.23. The van der Waals surface area contributed by atoms with E-state index in [0.717, 1.165) is 17.5 Å². The maximum Gasteiger partial charge on any atom is 0.178 e. The Morgan fingerprint density at radius 1 is 1.17 bits per heavy atom. The first-order valence-corrected chi connectivity index (χ1v) is 7.29. The average molecular weight is 324 g/mol. The number of carbonyl (C=O) groups excluding carboxylic acids is 1. The fraction of sp³-hybridized carbons (Fsp3) is 0.0625. The second kappa shape index (κ2) is 5.40. The summed E-state index contributed by atoms with van der Waals surface area (Å²) in [6.07, 6.45) is 5.64. The van der Waals surface area contributed by atoms with E-state index in [9.17, 15) is 4.79 Å². The molecule has 0 aliphatic carbocycles. The van der Waals surface area contributed by atoms with E-state index in [1.54, 1.807) is 41.4 Å². The van der Waals surface area contributed by atoms with Gasteiger partial charge in [0.15, 0.2) is 12.1 Å². The summed E-state index contributed by atoms with van der Waals surface area (Å²) < 4.78 is 1.79. The number of aromatic nitrogens is 4. The van der Waals surface area contributed by atoms with Crippen molar-refractivity contribution < 1.29 is 4.79 Å². The van der Waals surface area contributed by atoms with Gasteiger partial charge in [0, 0.05) is 23.0 Å². The normalized spacial score (nSPS) is 12.8. The van der Waals surface area contributed by atoms with Crippen LogP contribution in [0, 0.1) is 0 Å². The molecule has 7 heteroatoms. The molecule has 1 aliphatic heterocycles. The Kier molecular flexibility index (Phi) is 3.24. The number of aliphatic imine (C=N–C) groups is 1. The third-order valence-corrected chi connectivity index (χ3v) is 3.83. The second-order valence-electron chi connectivity index (χ2n) is 4.95. The van der Waals surface area contributed by atoms with Gasteiger partial charge in [0.05, 0.1) is 18.4 Å². The summed E-state index contributed by atoms with van der Waals surface area (Å²) in [6, 6.07) is 7.16. The number of rotatable bonds is 2. The molecule has 0 atom stereocenters. The van der Waals surface area contributed by atoms with Crippen LogP contribution >= 0.6 is 11.6 Å². The molecule has 0 fully saturated rings. The number of aldehydes is 1. The number of halogens is 1. The van der Waals surface area contributed by atoms with E-state index in [0.29, 0.717) is 34.6 Å². The third-order valence-electron chi connectivity index (χ3n) is 3.59. The number of benzene rings is 1. The quantitative estimate of drug-likeness (QED) is 0.679. The Balaban J connectivity index is 2.02. The highest BCUT2D eigenvalue weighted by Crippen LogP contribution is 2.27. The maximum atomic E-state index is 11.3. The van der Waals surface area contributed by atoms with Gasteiger partial charge in [-0.15, -0.1) is 0 Å². The number of fused-ring (bicyclic) bond motifs is 3. The van der Waals surface area contributed by atoms with Gasteiger partial charge in [-0.2, -0.15) is 0 Å². The van der Waals surface area contributed by atoms with Crippen molar-refractivity contribution in [3.05, 3.63) is 70.8 Å². The van der Waals surface area contributed by atoms with Crippen molar-refractivity contribution in [3.63, 3.8) is 0 Å². The van der Waals surface area contributed by atoms with Gasteiger partial charge in [0.2, 0.25) is 0 Å². The summed E-state index contributed by atoms with van der Waals surface area (Å²) in [5.41, 5.74) is 2.65. The zero-order valence-electron chi connectivity index (χ0n) is 11.8. The molecule has 0 saturated heterocycles. The summed E-state index contributed by atoms with van der Waals surface area (Å²) in [7, 11) is 0. The third kappa shape index (κ3) is 2.24. The number of nitrogens with zero attached hydrogens (tertiary/aromatic N) is 5. The molecular formula is C16H10ClN5O. The minimum absolute atomic E-state index is 0.327. The van der Waals surface area contributed by atoms with Crippen molar-refractivity contribution >= 4 is 23.6 Å². The van der Waals surface area contributed by atoms with Gasteiger partial charge >= 0.3 is 0 Å². The Labute approximate surface area is 136 Å². The van der Waals surface area contributed by atoms with Crippen molar-refractivity contribution in [1.29, 1.82) is 0 Å². The molecule has 2 aromatic heterocycles. The van der Waals surface area contributed by atoms with Gasteiger partial charge in [0.1, 0.15) is 17.2 Å². The molecule has 1 aliphatic rings. The van der Waals surface area contributed by atoms with Crippen LogP contribution in [0.1, 0.15) is 27.7 Å². The minimum Gasteiger partial charge on any atom is -0.296 e.